The van der Waals surface area contributed by atoms with E-state index in [1.807, 2.05) is 33.3 Å². The summed E-state index contributed by atoms with van der Waals surface area (Å²) in [5.41, 5.74) is 1.08. The van der Waals surface area contributed by atoms with Gasteiger partial charge in [0.1, 0.15) is 6.10 Å². The topological polar surface area (TPSA) is 47.0 Å². The summed E-state index contributed by atoms with van der Waals surface area (Å²) in [5.74, 6) is 0.742. The van der Waals surface area contributed by atoms with Crippen molar-refractivity contribution in [3.8, 4) is 0 Å². The Morgan fingerprint density at radius 2 is 2.07 bits per heavy atom. The normalized spacial score (nSPS) is 12.8. The van der Waals surface area contributed by atoms with Crippen molar-refractivity contribution in [3.05, 3.63) is 23.8 Å². The van der Waals surface area contributed by atoms with E-state index in [0.29, 0.717) is 6.61 Å². The SMILES string of the molecule is CCOC(C)c1ncc(CNC)cn1. The lowest BCUT2D eigenvalue weighted by Gasteiger charge is -2.09. The minimum absolute atomic E-state index is 0.0244. The fraction of sp³-hybridized carbons (Fsp3) is 0.600. The Bertz CT molecular complexity index is 261. The zero-order chi connectivity index (χ0) is 10.4. The highest BCUT2D eigenvalue weighted by molar-refractivity contribution is 5.05. The van der Waals surface area contributed by atoms with Crippen LogP contribution in [0.2, 0.25) is 0 Å². The molecular formula is C10H17N3O. The van der Waals surface area contributed by atoms with E-state index in [9.17, 15) is 0 Å². The van der Waals surface area contributed by atoms with Crippen molar-refractivity contribution in [1.29, 1.82) is 0 Å². The fourth-order valence-electron chi connectivity index (χ4n) is 1.19. The van der Waals surface area contributed by atoms with Crippen LogP contribution in [-0.4, -0.2) is 23.6 Å². The molecule has 0 aliphatic carbocycles. The molecule has 78 valence electrons. The van der Waals surface area contributed by atoms with Crippen LogP contribution >= 0.6 is 0 Å². The monoisotopic (exact) mass is 195 g/mol. The molecule has 0 fully saturated rings. The number of aromatic nitrogens is 2. The molecule has 4 nitrogen and oxygen atoms in total. The second-order valence-corrected chi connectivity index (χ2v) is 3.08. The molecule has 0 bridgehead atoms. The molecule has 0 aliphatic rings. The largest absolute Gasteiger partial charge is 0.371 e. The van der Waals surface area contributed by atoms with E-state index in [2.05, 4.69) is 15.3 Å². The zero-order valence-electron chi connectivity index (χ0n) is 8.95. The number of nitrogens with one attached hydrogen (secondary N) is 1. The highest BCUT2D eigenvalue weighted by Gasteiger charge is 2.07. The molecule has 0 spiro atoms. The van der Waals surface area contributed by atoms with Crippen molar-refractivity contribution in [2.45, 2.75) is 26.5 Å². The zero-order valence-corrected chi connectivity index (χ0v) is 8.95. The van der Waals surface area contributed by atoms with Crippen LogP contribution in [-0.2, 0) is 11.3 Å². The second-order valence-electron chi connectivity index (χ2n) is 3.08. The molecule has 0 radical (unpaired) electrons. The molecule has 1 atom stereocenters. The summed E-state index contributed by atoms with van der Waals surface area (Å²) in [6.45, 7) is 5.40. The maximum Gasteiger partial charge on any atom is 0.156 e. The molecule has 0 amide bonds. The van der Waals surface area contributed by atoms with Crippen molar-refractivity contribution < 1.29 is 4.74 Å². The molecule has 4 heteroatoms. The van der Waals surface area contributed by atoms with Crippen LogP contribution < -0.4 is 5.32 Å². The Labute approximate surface area is 84.7 Å². The fourth-order valence-corrected chi connectivity index (χ4v) is 1.19. The standard InChI is InChI=1S/C10H17N3O/c1-4-14-8(2)10-12-6-9(5-11-3)7-13-10/h6-8,11H,4-5H2,1-3H3. The summed E-state index contributed by atoms with van der Waals surface area (Å²) in [7, 11) is 1.90. The first kappa shape index (κ1) is 11.1. The van der Waals surface area contributed by atoms with Gasteiger partial charge >= 0.3 is 0 Å². The van der Waals surface area contributed by atoms with Crippen molar-refractivity contribution in [2.24, 2.45) is 0 Å². The van der Waals surface area contributed by atoms with Crippen molar-refractivity contribution in [2.75, 3.05) is 13.7 Å². The second kappa shape index (κ2) is 5.67. The molecule has 0 aromatic carbocycles. The highest BCUT2D eigenvalue weighted by atomic mass is 16.5. The van der Waals surface area contributed by atoms with Crippen molar-refractivity contribution >= 4 is 0 Å². The van der Waals surface area contributed by atoms with Gasteiger partial charge in [-0.25, -0.2) is 9.97 Å². The van der Waals surface area contributed by atoms with Gasteiger partial charge in [-0.15, -0.1) is 0 Å². The Morgan fingerprint density at radius 3 is 2.57 bits per heavy atom. The van der Waals surface area contributed by atoms with E-state index in [-0.39, 0.29) is 6.10 Å². The summed E-state index contributed by atoms with van der Waals surface area (Å²) in [6.07, 6.45) is 3.63. The average molecular weight is 195 g/mol. The van der Waals surface area contributed by atoms with Crippen molar-refractivity contribution in [1.82, 2.24) is 15.3 Å². The van der Waals surface area contributed by atoms with Crippen LogP contribution in [0.3, 0.4) is 0 Å². The minimum atomic E-state index is -0.0244. The smallest absolute Gasteiger partial charge is 0.156 e. The lowest BCUT2D eigenvalue weighted by Crippen LogP contribution is -2.09. The predicted molar refractivity (Wildman–Crippen MR) is 54.8 cm³/mol. The summed E-state index contributed by atoms with van der Waals surface area (Å²) in [4.78, 5) is 8.48. The van der Waals surface area contributed by atoms with Crippen LogP contribution in [0.1, 0.15) is 31.3 Å². The number of ether oxygens (including phenoxy) is 1. The average Bonchev–Trinajstić information content (AvgIpc) is 2.20. The highest BCUT2D eigenvalue weighted by Crippen LogP contribution is 2.10. The number of rotatable bonds is 5. The molecule has 1 heterocycles. The lowest BCUT2D eigenvalue weighted by molar-refractivity contribution is 0.0700. The summed E-state index contributed by atoms with van der Waals surface area (Å²) < 4.78 is 5.39. The molecule has 0 saturated heterocycles. The Hall–Kier alpha value is -1.00. The Kier molecular flexibility index (Phi) is 4.49. The molecule has 1 N–H and O–H groups in total. The van der Waals surface area contributed by atoms with E-state index in [1.54, 1.807) is 0 Å². The van der Waals surface area contributed by atoms with Crippen LogP contribution in [0.25, 0.3) is 0 Å². The maximum absolute atomic E-state index is 5.39. The molecule has 1 aromatic heterocycles. The van der Waals surface area contributed by atoms with Gasteiger partial charge in [-0.1, -0.05) is 0 Å². The van der Waals surface area contributed by atoms with E-state index in [1.165, 1.54) is 0 Å². The van der Waals surface area contributed by atoms with E-state index in [0.717, 1.165) is 17.9 Å². The molecule has 1 aromatic rings. The third kappa shape index (κ3) is 3.05. The maximum atomic E-state index is 5.39. The van der Waals surface area contributed by atoms with Gasteiger partial charge in [0.25, 0.3) is 0 Å². The molecule has 0 saturated carbocycles. The third-order valence-electron chi connectivity index (χ3n) is 1.89. The van der Waals surface area contributed by atoms with Crippen LogP contribution in [0.15, 0.2) is 12.4 Å². The third-order valence-corrected chi connectivity index (χ3v) is 1.89. The summed E-state index contributed by atoms with van der Waals surface area (Å²) in [5, 5.41) is 3.05. The lowest BCUT2D eigenvalue weighted by atomic mass is 10.3. The summed E-state index contributed by atoms with van der Waals surface area (Å²) >= 11 is 0. The van der Waals surface area contributed by atoms with Gasteiger partial charge in [-0.2, -0.15) is 0 Å². The van der Waals surface area contributed by atoms with E-state index < -0.39 is 0 Å². The quantitative estimate of drug-likeness (QED) is 0.769. The van der Waals surface area contributed by atoms with E-state index in [4.69, 9.17) is 4.74 Å². The summed E-state index contributed by atoms with van der Waals surface area (Å²) in [6, 6.07) is 0. The van der Waals surface area contributed by atoms with Gasteiger partial charge < -0.3 is 10.1 Å². The molecule has 14 heavy (non-hydrogen) atoms. The van der Waals surface area contributed by atoms with Gasteiger partial charge in [0.15, 0.2) is 5.82 Å². The van der Waals surface area contributed by atoms with Gasteiger partial charge in [0, 0.05) is 31.1 Å². The number of hydrogen-bond acceptors (Lipinski definition) is 4. The van der Waals surface area contributed by atoms with Gasteiger partial charge in [-0.3, -0.25) is 0 Å². The first-order chi connectivity index (χ1) is 6.77. The van der Waals surface area contributed by atoms with Gasteiger partial charge in [0.05, 0.1) is 0 Å². The first-order valence-electron chi connectivity index (χ1n) is 4.85. The van der Waals surface area contributed by atoms with Crippen LogP contribution in [0.4, 0.5) is 0 Å². The van der Waals surface area contributed by atoms with Crippen LogP contribution in [0, 0.1) is 0 Å². The van der Waals surface area contributed by atoms with Gasteiger partial charge in [-0.05, 0) is 20.9 Å². The molecule has 1 rings (SSSR count). The van der Waals surface area contributed by atoms with Crippen molar-refractivity contribution in [3.63, 3.8) is 0 Å². The Morgan fingerprint density at radius 1 is 1.43 bits per heavy atom. The molecular weight excluding hydrogens is 178 g/mol. The molecule has 1 unspecified atom stereocenters. The molecule has 0 aliphatic heterocycles. The first-order valence-corrected chi connectivity index (χ1v) is 4.85. The predicted octanol–water partition coefficient (Wildman–Crippen LogP) is 1.29. The minimum Gasteiger partial charge on any atom is -0.371 e. The number of nitrogens with zero attached hydrogens (tertiary/aromatic N) is 2. The van der Waals surface area contributed by atoms with Gasteiger partial charge in [0.2, 0.25) is 0 Å². The Balaban J connectivity index is 2.62. The number of hydrogen-bond donors (Lipinski definition) is 1. The van der Waals surface area contributed by atoms with E-state index >= 15 is 0 Å². The van der Waals surface area contributed by atoms with Crippen LogP contribution in [0.5, 0.6) is 0 Å².